The zero-order valence-corrected chi connectivity index (χ0v) is 8.28. The van der Waals surface area contributed by atoms with Gasteiger partial charge in [0, 0.05) is 0 Å². The Morgan fingerprint density at radius 2 is 1.91 bits per heavy atom. The molecule has 64 valence electrons. The Kier molecular flexibility index (Phi) is 2.41. The van der Waals surface area contributed by atoms with Crippen LogP contribution in [0.3, 0.4) is 0 Å². The summed E-state index contributed by atoms with van der Waals surface area (Å²) in [5.41, 5.74) is 2.19. The first-order chi connectivity index (χ1) is 5.14. The van der Waals surface area contributed by atoms with Gasteiger partial charge in [0.15, 0.2) is 0 Å². The maximum atomic E-state index is 2.45. The minimum absolute atomic E-state index is 0.706. The van der Waals surface area contributed by atoms with Gasteiger partial charge < -0.3 is 0 Å². The third-order valence-corrected chi connectivity index (χ3v) is 3.20. The molecule has 1 aliphatic carbocycles. The third kappa shape index (κ3) is 1.66. The predicted octanol–water partition coefficient (Wildman–Crippen LogP) is 3.78. The van der Waals surface area contributed by atoms with Crippen molar-refractivity contribution in [3.05, 3.63) is 11.6 Å². The van der Waals surface area contributed by atoms with Crippen LogP contribution in [0.5, 0.6) is 0 Å². The van der Waals surface area contributed by atoms with Gasteiger partial charge in [-0.25, -0.2) is 0 Å². The molecular weight excluding hydrogens is 132 g/mol. The molecule has 0 spiro atoms. The Morgan fingerprint density at radius 3 is 2.18 bits per heavy atom. The van der Waals surface area contributed by atoms with Crippen LogP contribution in [0.25, 0.3) is 0 Å². The molecule has 0 aromatic heterocycles. The van der Waals surface area contributed by atoms with Crippen molar-refractivity contribution >= 4 is 0 Å². The van der Waals surface area contributed by atoms with E-state index in [-0.39, 0.29) is 0 Å². The van der Waals surface area contributed by atoms with Gasteiger partial charge in [-0.2, -0.15) is 0 Å². The van der Waals surface area contributed by atoms with Crippen molar-refractivity contribution in [2.45, 2.75) is 47.0 Å². The number of hydrogen-bond donors (Lipinski definition) is 0. The third-order valence-electron chi connectivity index (χ3n) is 3.20. The summed E-state index contributed by atoms with van der Waals surface area (Å²) in [4.78, 5) is 0. The average Bonchev–Trinajstić information content (AvgIpc) is 2.63. The molecule has 1 fully saturated rings. The van der Waals surface area contributed by atoms with Gasteiger partial charge in [0.2, 0.25) is 0 Å². The molecule has 0 amide bonds. The number of hydrogen-bond acceptors (Lipinski definition) is 0. The van der Waals surface area contributed by atoms with Gasteiger partial charge in [-0.05, 0) is 44.4 Å². The van der Waals surface area contributed by atoms with Crippen molar-refractivity contribution in [2.24, 2.45) is 11.3 Å². The van der Waals surface area contributed by atoms with E-state index in [4.69, 9.17) is 0 Å². The molecule has 1 saturated carbocycles. The molecule has 1 unspecified atom stereocenters. The van der Waals surface area contributed by atoms with Crippen LogP contribution in [0.15, 0.2) is 11.6 Å². The second-order valence-electron chi connectivity index (χ2n) is 4.12. The summed E-state index contributed by atoms with van der Waals surface area (Å²) in [7, 11) is 0. The van der Waals surface area contributed by atoms with Gasteiger partial charge in [0.05, 0.1) is 0 Å². The van der Waals surface area contributed by atoms with E-state index in [1.165, 1.54) is 24.8 Å². The van der Waals surface area contributed by atoms with Crippen molar-refractivity contribution in [3.8, 4) is 0 Å². The topological polar surface area (TPSA) is 0 Å². The van der Waals surface area contributed by atoms with Gasteiger partial charge >= 0.3 is 0 Å². The Balaban J connectivity index is 2.51. The Hall–Kier alpha value is -0.260. The summed E-state index contributed by atoms with van der Waals surface area (Å²) in [6.45, 7) is 9.05. The van der Waals surface area contributed by atoms with Gasteiger partial charge in [-0.1, -0.05) is 25.5 Å². The summed E-state index contributed by atoms with van der Waals surface area (Å²) < 4.78 is 0. The smallest absolute Gasteiger partial charge is 0.0169 e. The van der Waals surface area contributed by atoms with E-state index in [1.54, 1.807) is 0 Å². The van der Waals surface area contributed by atoms with Crippen molar-refractivity contribution < 1.29 is 0 Å². The second-order valence-corrected chi connectivity index (χ2v) is 4.12. The minimum Gasteiger partial charge on any atom is -0.0822 e. The molecule has 0 nitrogen and oxygen atoms in total. The van der Waals surface area contributed by atoms with E-state index in [2.05, 4.69) is 33.8 Å². The van der Waals surface area contributed by atoms with E-state index in [0.29, 0.717) is 5.41 Å². The van der Waals surface area contributed by atoms with Gasteiger partial charge in [-0.3, -0.25) is 0 Å². The first-order valence-corrected chi connectivity index (χ1v) is 4.79. The molecule has 1 atom stereocenters. The standard InChI is InChI=1S/C11H20/c1-5-11(6-2)8-10(11)7-9(3)4/h7,10H,5-6,8H2,1-4H3. The zero-order valence-electron chi connectivity index (χ0n) is 8.28. The van der Waals surface area contributed by atoms with E-state index < -0.39 is 0 Å². The van der Waals surface area contributed by atoms with Crippen LogP contribution in [-0.2, 0) is 0 Å². The monoisotopic (exact) mass is 152 g/mol. The van der Waals surface area contributed by atoms with Gasteiger partial charge in [0.1, 0.15) is 0 Å². The average molecular weight is 152 g/mol. The molecule has 0 saturated heterocycles. The summed E-state index contributed by atoms with van der Waals surface area (Å²) in [6, 6.07) is 0. The van der Waals surface area contributed by atoms with Crippen molar-refractivity contribution in [2.75, 3.05) is 0 Å². The maximum Gasteiger partial charge on any atom is -0.0169 e. The molecule has 1 rings (SSSR count). The lowest BCUT2D eigenvalue weighted by Crippen LogP contribution is -1.98. The number of allylic oxidation sites excluding steroid dienone is 2. The van der Waals surface area contributed by atoms with Crippen LogP contribution >= 0.6 is 0 Å². The van der Waals surface area contributed by atoms with Crippen LogP contribution < -0.4 is 0 Å². The highest BCUT2D eigenvalue weighted by Crippen LogP contribution is 2.58. The maximum absolute atomic E-state index is 2.45. The highest BCUT2D eigenvalue weighted by molar-refractivity contribution is 5.13. The Labute approximate surface area is 70.7 Å². The lowest BCUT2D eigenvalue weighted by molar-refractivity contribution is 0.446. The Morgan fingerprint density at radius 1 is 1.36 bits per heavy atom. The predicted molar refractivity (Wildman–Crippen MR) is 50.6 cm³/mol. The summed E-state index contributed by atoms with van der Waals surface area (Å²) in [5.74, 6) is 0.905. The van der Waals surface area contributed by atoms with E-state index >= 15 is 0 Å². The van der Waals surface area contributed by atoms with Crippen molar-refractivity contribution in [1.82, 2.24) is 0 Å². The molecule has 0 aliphatic heterocycles. The molecule has 11 heavy (non-hydrogen) atoms. The quantitative estimate of drug-likeness (QED) is 0.540. The van der Waals surface area contributed by atoms with Crippen LogP contribution in [0.1, 0.15) is 47.0 Å². The molecule has 0 heteroatoms. The van der Waals surface area contributed by atoms with E-state index in [1.807, 2.05) is 0 Å². The van der Waals surface area contributed by atoms with Crippen molar-refractivity contribution in [1.29, 1.82) is 0 Å². The SMILES string of the molecule is CCC1(CC)CC1C=C(C)C. The van der Waals surface area contributed by atoms with Crippen LogP contribution in [-0.4, -0.2) is 0 Å². The number of rotatable bonds is 3. The van der Waals surface area contributed by atoms with Gasteiger partial charge in [-0.15, -0.1) is 0 Å². The fourth-order valence-corrected chi connectivity index (χ4v) is 2.08. The van der Waals surface area contributed by atoms with E-state index in [9.17, 15) is 0 Å². The lowest BCUT2D eigenvalue weighted by Gasteiger charge is -2.09. The fraction of sp³-hybridized carbons (Fsp3) is 0.818. The summed E-state index contributed by atoms with van der Waals surface area (Å²) >= 11 is 0. The van der Waals surface area contributed by atoms with Crippen LogP contribution in [0.2, 0.25) is 0 Å². The normalized spacial score (nSPS) is 26.4. The van der Waals surface area contributed by atoms with Crippen LogP contribution in [0, 0.1) is 11.3 Å². The van der Waals surface area contributed by atoms with E-state index in [0.717, 1.165) is 5.92 Å². The summed E-state index contributed by atoms with van der Waals surface area (Å²) in [5, 5.41) is 0. The molecule has 0 radical (unpaired) electrons. The lowest BCUT2D eigenvalue weighted by atomic mass is 9.96. The first-order valence-electron chi connectivity index (χ1n) is 4.79. The summed E-state index contributed by atoms with van der Waals surface area (Å²) in [6.07, 6.45) is 6.61. The van der Waals surface area contributed by atoms with Crippen molar-refractivity contribution in [3.63, 3.8) is 0 Å². The molecular formula is C11H20. The molecule has 0 N–H and O–H groups in total. The largest absolute Gasteiger partial charge is 0.0822 e. The second kappa shape index (κ2) is 3.00. The fourth-order valence-electron chi connectivity index (χ4n) is 2.08. The first kappa shape index (κ1) is 8.83. The molecule has 0 aromatic carbocycles. The highest BCUT2D eigenvalue weighted by Gasteiger charge is 2.48. The molecule has 0 aromatic rings. The molecule has 0 heterocycles. The van der Waals surface area contributed by atoms with Crippen LogP contribution in [0.4, 0.5) is 0 Å². The van der Waals surface area contributed by atoms with Gasteiger partial charge in [0.25, 0.3) is 0 Å². The zero-order chi connectivity index (χ0) is 8.48. The highest BCUT2D eigenvalue weighted by atomic mass is 14.5. The Bertz CT molecular complexity index is 157. The molecule has 1 aliphatic rings. The minimum atomic E-state index is 0.706. The molecule has 0 bridgehead atoms.